The molecular formula is C17H30N4. The van der Waals surface area contributed by atoms with Gasteiger partial charge < -0.3 is 15.5 Å². The number of nitrogens with one attached hydrogen (secondary N) is 2. The van der Waals surface area contributed by atoms with Gasteiger partial charge in [0.1, 0.15) is 0 Å². The lowest BCUT2D eigenvalue weighted by atomic mass is 10.1. The topological polar surface area (TPSA) is 39.7 Å². The first kappa shape index (κ1) is 17.5. The number of hydrogen-bond acceptors (Lipinski definition) is 2. The van der Waals surface area contributed by atoms with E-state index in [0.717, 1.165) is 19.0 Å². The molecule has 21 heavy (non-hydrogen) atoms. The normalized spacial score (nSPS) is 14.1. The summed E-state index contributed by atoms with van der Waals surface area (Å²) in [5, 5.41) is 6.78. The molecule has 1 atom stereocenters. The van der Waals surface area contributed by atoms with Gasteiger partial charge in [0.2, 0.25) is 0 Å². The first-order valence-corrected chi connectivity index (χ1v) is 7.64. The van der Waals surface area contributed by atoms with Crippen LogP contribution in [0.15, 0.2) is 35.3 Å². The van der Waals surface area contributed by atoms with Crippen LogP contribution in [0.25, 0.3) is 0 Å². The summed E-state index contributed by atoms with van der Waals surface area (Å²) < 4.78 is 0. The summed E-state index contributed by atoms with van der Waals surface area (Å²) >= 11 is 0. The molecule has 0 bridgehead atoms. The second-order valence-electron chi connectivity index (χ2n) is 6.18. The number of benzene rings is 1. The van der Waals surface area contributed by atoms with Crippen molar-refractivity contribution in [1.82, 2.24) is 15.5 Å². The minimum atomic E-state index is 0.0400. The lowest BCUT2D eigenvalue weighted by Crippen LogP contribution is -2.44. The molecule has 0 heterocycles. The Bertz CT molecular complexity index is 437. The SMILES string of the molecule is CCNC(=NCC(C)(C)N(C)C)NC(C)c1ccccc1. The quantitative estimate of drug-likeness (QED) is 0.625. The van der Waals surface area contributed by atoms with Gasteiger partial charge in [-0.1, -0.05) is 30.3 Å². The zero-order chi connectivity index (χ0) is 15.9. The highest BCUT2D eigenvalue weighted by Crippen LogP contribution is 2.12. The molecule has 0 saturated heterocycles. The minimum Gasteiger partial charge on any atom is -0.357 e. The summed E-state index contributed by atoms with van der Waals surface area (Å²) in [6, 6.07) is 10.6. The van der Waals surface area contributed by atoms with Gasteiger partial charge in [-0.05, 0) is 47.4 Å². The Morgan fingerprint density at radius 2 is 1.86 bits per heavy atom. The standard InChI is InChI=1S/C17H30N4/c1-7-18-16(19-13-17(3,4)21(5)6)20-14(2)15-11-9-8-10-12-15/h8-12,14H,7,13H2,1-6H3,(H2,18,19,20). The summed E-state index contributed by atoms with van der Waals surface area (Å²) in [5.41, 5.74) is 1.30. The van der Waals surface area contributed by atoms with Crippen LogP contribution in [0.2, 0.25) is 0 Å². The Labute approximate surface area is 129 Å². The highest BCUT2D eigenvalue weighted by molar-refractivity contribution is 5.80. The van der Waals surface area contributed by atoms with Gasteiger partial charge in [-0.3, -0.25) is 4.99 Å². The summed E-state index contributed by atoms with van der Waals surface area (Å²) in [5.74, 6) is 0.865. The van der Waals surface area contributed by atoms with Crippen molar-refractivity contribution >= 4 is 5.96 Å². The molecule has 1 aromatic rings. The van der Waals surface area contributed by atoms with Crippen molar-refractivity contribution in [2.75, 3.05) is 27.2 Å². The van der Waals surface area contributed by atoms with E-state index >= 15 is 0 Å². The van der Waals surface area contributed by atoms with Gasteiger partial charge in [0.05, 0.1) is 12.6 Å². The van der Waals surface area contributed by atoms with Crippen molar-refractivity contribution in [2.24, 2.45) is 4.99 Å². The minimum absolute atomic E-state index is 0.0400. The molecule has 4 nitrogen and oxygen atoms in total. The van der Waals surface area contributed by atoms with Crippen molar-refractivity contribution in [1.29, 1.82) is 0 Å². The molecule has 0 aliphatic heterocycles. The maximum atomic E-state index is 4.72. The number of nitrogens with zero attached hydrogens (tertiary/aromatic N) is 2. The zero-order valence-electron chi connectivity index (χ0n) is 14.3. The third-order valence-electron chi connectivity index (χ3n) is 3.83. The average molecular weight is 290 g/mol. The second-order valence-corrected chi connectivity index (χ2v) is 6.18. The Morgan fingerprint density at radius 3 is 2.38 bits per heavy atom. The number of hydrogen-bond donors (Lipinski definition) is 2. The van der Waals surface area contributed by atoms with Gasteiger partial charge in [-0.2, -0.15) is 0 Å². The number of guanidine groups is 1. The fraction of sp³-hybridized carbons (Fsp3) is 0.588. The van der Waals surface area contributed by atoms with Crippen LogP contribution < -0.4 is 10.6 Å². The maximum Gasteiger partial charge on any atom is 0.191 e. The van der Waals surface area contributed by atoms with Gasteiger partial charge in [0, 0.05) is 12.1 Å². The van der Waals surface area contributed by atoms with E-state index in [2.05, 4.69) is 81.6 Å². The Morgan fingerprint density at radius 1 is 1.24 bits per heavy atom. The van der Waals surface area contributed by atoms with Crippen molar-refractivity contribution in [3.63, 3.8) is 0 Å². The molecule has 4 heteroatoms. The van der Waals surface area contributed by atoms with E-state index in [-0.39, 0.29) is 11.6 Å². The van der Waals surface area contributed by atoms with Crippen LogP contribution in [-0.2, 0) is 0 Å². The predicted octanol–water partition coefficient (Wildman–Crippen LogP) is 2.64. The van der Waals surface area contributed by atoms with E-state index in [1.165, 1.54) is 5.56 Å². The Hall–Kier alpha value is -1.55. The Kier molecular flexibility index (Phi) is 6.69. The van der Waals surface area contributed by atoms with Crippen LogP contribution in [0.5, 0.6) is 0 Å². The average Bonchev–Trinajstić information content (AvgIpc) is 2.45. The van der Waals surface area contributed by atoms with Gasteiger partial charge in [0.25, 0.3) is 0 Å². The third-order valence-corrected chi connectivity index (χ3v) is 3.83. The monoisotopic (exact) mass is 290 g/mol. The van der Waals surface area contributed by atoms with Crippen LogP contribution >= 0.6 is 0 Å². The molecule has 1 aromatic carbocycles. The molecule has 0 aromatic heterocycles. The first-order chi connectivity index (χ1) is 9.86. The Balaban J connectivity index is 2.73. The van der Waals surface area contributed by atoms with Gasteiger partial charge in [-0.25, -0.2) is 0 Å². The van der Waals surface area contributed by atoms with E-state index in [9.17, 15) is 0 Å². The van der Waals surface area contributed by atoms with E-state index < -0.39 is 0 Å². The molecule has 0 aliphatic rings. The zero-order valence-corrected chi connectivity index (χ0v) is 14.3. The molecule has 0 fully saturated rings. The molecule has 0 amide bonds. The summed E-state index contributed by atoms with van der Waals surface area (Å²) in [4.78, 5) is 6.92. The van der Waals surface area contributed by atoms with Crippen molar-refractivity contribution in [2.45, 2.75) is 39.3 Å². The molecule has 1 unspecified atom stereocenters. The fourth-order valence-electron chi connectivity index (χ4n) is 1.76. The summed E-state index contributed by atoms with van der Waals surface area (Å²) in [6.45, 7) is 10.2. The van der Waals surface area contributed by atoms with E-state index in [0.29, 0.717) is 0 Å². The molecule has 0 aliphatic carbocycles. The molecule has 2 N–H and O–H groups in total. The van der Waals surface area contributed by atoms with Gasteiger partial charge in [0.15, 0.2) is 5.96 Å². The van der Waals surface area contributed by atoms with Crippen molar-refractivity contribution < 1.29 is 0 Å². The number of likely N-dealkylation sites (N-methyl/N-ethyl adjacent to an activating group) is 1. The number of rotatable bonds is 6. The lowest BCUT2D eigenvalue weighted by molar-refractivity contribution is 0.204. The summed E-state index contributed by atoms with van der Waals surface area (Å²) in [7, 11) is 4.17. The van der Waals surface area contributed by atoms with E-state index in [4.69, 9.17) is 4.99 Å². The van der Waals surface area contributed by atoms with Crippen molar-refractivity contribution in [3.05, 3.63) is 35.9 Å². The molecule has 0 spiro atoms. The second kappa shape index (κ2) is 8.03. The fourth-order valence-corrected chi connectivity index (χ4v) is 1.76. The molecular weight excluding hydrogens is 260 g/mol. The van der Waals surface area contributed by atoms with Crippen molar-refractivity contribution in [3.8, 4) is 0 Å². The van der Waals surface area contributed by atoms with E-state index in [1.807, 2.05) is 6.07 Å². The van der Waals surface area contributed by atoms with Crippen LogP contribution in [0.4, 0.5) is 0 Å². The maximum absolute atomic E-state index is 4.72. The van der Waals surface area contributed by atoms with Gasteiger partial charge >= 0.3 is 0 Å². The van der Waals surface area contributed by atoms with Crippen LogP contribution in [0, 0.1) is 0 Å². The number of aliphatic imine (C=N–C) groups is 1. The molecule has 1 rings (SSSR count). The highest BCUT2D eigenvalue weighted by Gasteiger charge is 2.20. The first-order valence-electron chi connectivity index (χ1n) is 7.64. The van der Waals surface area contributed by atoms with Gasteiger partial charge in [-0.15, -0.1) is 0 Å². The lowest BCUT2D eigenvalue weighted by Gasteiger charge is -2.31. The molecule has 0 saturated carbocycles. The molecule has 118 valence electrons. The smallest absolute Gasteiger partial charge is 0.191 e. The predicted molar refractivity (Wildman–Crippen MR) is 91.7 cm³/mol. The summed E-state index contributed by atoms with van der Waals surface area (Å²) in [6.07, 6.45) is 0. The third kappa shape index (κ3) is 5.76. The molecule has 0 radical (unpaired) electrons. The van der Waals surface area contributed by atoms with Crippen LogP contribution in [-0.4, -0.2) is 43.6 Å². The highest BCUT2D eigenvalue weighted by atomic mass is 15.2. The van der Waals surface area contributed by atoms with Crippen LogP contribution in [0.3, 0.4) is 0 Å². The van der Waals surface area contributed by atoms with E-state index in [1.54, 1.807) is 0 Å². The largest absolute Gasteiger partial charge is 0.357 e. The van der Waals surface area contributed by atoms with Crippen LogP contribution in [0.1, 0.15) is 39.3 Å².